The van der Waals surface area contributed by atoms with Crippen molar-refractivity contribution in [2.24, 2.45) is 0 Å². The molecular formula is C12H16BrNO4. The van der Waals surface area contributed by atoms with Gasteiger partial charge in [0, 0.05) is 29.9 Å². The van der Waals surface area contributed by atoms with E-state index in [1.807, 2.05) is 13.0 Å². The number of aromatic nitrogens is 1. The SMILES string of the molecule is CCOC1OC1c1cc(Br)cnc1OCCOC. The Balaban J connectivity index is 2.05. The molecule has 5 nitrogen and oxygen atoms in total. The first-order valence-corrected chi connectivity index (χ1v) is 6.59. The molecule has 0 aliphatic carbocycles. The molecule has 0 radical (unpaired) electrons. The Kier molecular flexibility index (Phi) is 4.94. The van der Waals surface area contributed by atoms with Crippen molar-refractivity contribution < 1.29 is 18.9 Å². The van der Waals surface area contributed by atoms with Crippen LogP contribution in [-0.2, 0) is 14.2 Å². The molecule has 0 spiro atoms. The molecule has 0 saturated carbocycles. The Hall–Kier alpha value is -0.690. The van der Waals surface area contributed by atoms with Crippen LogP contribution < -0.4 is 4.74 Å². The maximum atomic E-state index is 5.57. The number of hydrogen-bond acceptors (Lipinski definition) is 5. The van der Waals surface area contributed by atoms with Crippen molar-refractivity contribution in [3.05, 3.63) is 22.3 Å². The smallest absolute Gasteiger partial charge is 0.219 e. The Morgan fingerprint density at radius 3 is 3.00 bits per heavy atom. The summed E-state index contributed by atoms with van der Waals surface area (Å²) in [5, 5.41) is 0. The fourth-order valence-electron chi connectivity index (χ4n) is 1.60. The summed E-state index contributed by atoms with van der Waals surface area (Å²) in [5.74, 6) is 0.572. The third kappa shape index (κ3) is 3.41. The molecule has 1 fully saturated rings. The minimum absolute atomic E-state index is 0.0903. The molecule has 1 aromatic rings. The van der Waals surface area contributed by atoms with E-state index < -0.39 is 0 Å². The molecular weight excluding hydrogens is 302 g/mol. The Morgan fingerprint density at radius 2 is 2.28 bits per heavy atom. The molecule has 0 N–H and O–H groups in total. The average Bonchev–Trinajstić information content (AvgIpc) is 3.11. The second kappa shape index (κ2) is 6.47. The third-order valence-electron chi connectivity index (χ3n) is 2.46. The molecule has 1 aromatic heterocycles. The first-order valence-electron chi connectivity index (χ1n) is 5.80. The van der Waals surface area contributed by atoms with E-state index in [0.717, 1.165) is 10.0 Å². The summed E-state index contributed by atoms with van der Waals surface area (Å²) in [5.41, 5.74) is 0.902. The van der Waals surface area contributed by atoms with Crippen molar-refractivity contribution in [3.8, 4) is 5.88 Å². The van der Waals surface area contributed by atoms with Gasteiger partial charge in [0.05, 0.1) is 6.61 Å². The zero-order chi connectivity index (χ0) is 13.0. The van der Waals surface area contributed by atoms with Crippen LogP contribution in [0.25, 0.3) is 0 Å². The highest BCUT2D eigenvalue weighted by atomic mass is 79.9. The van der Waals surface area contributed by atoms with Crippen LogP contribution in [0.5, 0.6) is 5.88 Å². The molecule has 0 amide bonds. The predicted octanol–water partition coefficient (Wildman–Crippen LogP) is 2.30. The third-order valence-corrected chi connectivity index (χ3v) is 2.89. The van der Waals surface area contributed by atoms with Crippen LogP contribution in [0.2, 0.25) is 0 Å². The zero-order valence-corrected chi connectivity index (χ0v) is 12.0. The van der Waals surface area contributed by atoms with E-state index in [1.165, 1.54) is 0 Å². The van der Waals surface area contributed by atoms with E-state index in [0.29, 0.717) is 25.7 Å². The average molecular weight is 318 g/mol. The molecule has 2 unspecified atom stereocenters. The molecule has 1 aliphatic heterocycles. The van der Waals surface area contributed by atoms with Gasteiger partial charge in [-0.1, -0.05) is 0 Å². The van der Waals surface area contributed by atoms with Crippen LogP contribution in [-0.4, -0.2) is 38.2 Å². The monoisotopic (exact) mass is 317 g/mol. The van der Waals surface area contributed by atoms with Crippen molar-refractivity contribution in [1.82, 2.24) is 4.98 Å². The summed E-state index contributed by atoms with van der Waals surface area (Å²) < 4.78 is 22.2. The number of rotatable bonds is 7. The second-order valence-electron chi connectivity index (χ2n) is 3.77. The van der Waals surface area contributed by atoms with E-state index in [-0.39, 0.29) is 12.4 Å². The van der Waals surface area contributed by atoms with Gasteiger partial charge in [0.2, 0.25) is 5.88 Å². The quantitative estimate of drug-likeness (QED) is 0.570. The van der Waals surface area contributed by atoms with Gasteiger partial charge in [-0.3, -0.25) is 0 Å². The normalized spacial score (nSPS) is 21.9. The summed E-state index contributed by atoms with van der Waals surface area (Å²) in [6, 6.07) is 1.94. The van der Waals surface area contributed by atoms with Crippen molar-refractivity contribution in [2.45, 2.75) is 19.3 Å². The highest BCUT2D eigenvalue weighted by molar-refractivity contribution is 9.10. The fourth-order valence-corrected chi connectivity index (χ4v) is 1.95. The highest BCUT2D eigenvalue weighted by Crippen LogP contribution is 2.43. The molecule has 2 atom stereocenters. The summed E-state index contributed by atoms with van der Waals surface area (Å²) in [6.07, 6.45) is 1.42. The van der Waals surface area contributed by atoms with Gasteiger partial charge in [0.1, 0.15) is 12.7 Å². The number of hydrogen-bond donors (Lipinski definition) is 0. The lowest BCUT2D eigenvalue weighted by Gasteiger charge is -2.08. The van der Waals surface area contributed by atoms with E-state index in [1.54, 1.807) is 13.3 Å². The molecule has 1 aliphatic rings. The molecule has 0 aromatic carbocycles. The summed E-state index contributed by atoms with van der Waals surface area (Å²) >= 11 is 3.39. The Labute approximate surface area is 115 Å². The Morgan fingerprint density at radius 1 is 1.44 bits per heavy atom. The van der Waals surface area contributed by atoms with Crippen LogP contribution in [0, 0.1) is 0 Å². The van der Waals surface area contributed by atoms with Crippen molar-refractivity contribution in [2.75, 3.05) is 26.9 Å². The maximum Gasteiger partial charge on any atom is 0.219 e. The predicted molar refractivity (Wildman–Crippen MR) is 68.5 cm³/mol. The molecule has 0 bridgehead atoms. The molecule has 6 heteroatoms. The first-order chi connectivity index (χ1) is 8.76. The maximum absolute atomic E-state index is 5.57. The van der Waals surface area contributed by atoms with E-state index >= 15 is 0 Å². The lowest BCUT2D eigenvalue weighted by molar-refractivity contribution is 0.0593. The van der Waals surface area contributed by atoms with Gasteiger partial charge in [-0.25, -0.2) is 4.98 Å². The number of pyridine rings is 1. The fraction of sp³-hybridized carbons (Fsp3) is 0.583. The van der Waals surface area contributed by atoms with Crippen molar-refractivity contribution in [1.29, 1.82) is 0 Å². The van der Waals surface area contributed by atoms with Gasteiger partial charge in [-0.15, -0.1) is 0 Å². The number of nitrogens with zero attached hydrogens (tertiary/aromatic N) is 1. The minimum Gasteiger partial charge on any atom is -0.475 e. The standard InChI is InChI=1S/C12H16BrNO4/c1-3-16-12-10(18-12)9-6-8(13)7-14-11(9)17-5-4-15-2/h6-7,10,12H,3-5H2,1-2H3. The van der Waals surface area contributed by atoms with Gasteiger partial charge in [0.25, 0.3) is 0 Å². The van der Waals surface area contributed by atoms with Crippen molar-refractivity contribution >= 4 is 15.9 Å². The lowest BCUT2D eigenvalue weighted by Crippen LogP contribution is -2.07. The van der Waals surface area contributed by atoms with Crippen LogP contribution >= 0.6 is 15.9 Å². The largest absolute Gasteiger partial charge is 0.475 e. The first kappa shape index (κ1) is 13.7. The summed E-state index contributed by atoms with van der Waals surface area (Å²) in [4.78, 5) is 4.25. The van der Waals surface area contributed by atoms with Crippen LogP contribution in [0.15, 0.2) is 16.7 Å². The number of ether oxygens (including phenoxy) is 4. The van der Waals surface area contributed by atoms with Crippen molar-refractivity contribution in [3.63, 3.8) is 0 Å². The Bertz CT molecular complexity index is 402. The molecule has 18 heavy (non-hydrogen) atoms. The molecule has 2 rings (SSSR count). The van der Waals surface area contributed by atoms with Gasteiger partial charge in [-0.2, -0.15) is 0 Å². The van der Waals surface area contributed by atoms with E-state index in [4.69, 9.17) is 18.9 Å². The van der Waals surface area contributed by atoms with E-state index in [2.05, 4.69) is 20.9 Å². The van der Waals surface area contributed by atoms with Crippen LogP contribution in [0.3, 0.4) is 0 Å². The van der Waals surface area contributed by atoms with Gasteiger partial charge in [0.15, 0.2) is 6.29 Å². The van der Waals surface area contributed by atoms with Gasteiger partial charge in [-0.05, 0) is 28.9 Å². The van der Waals surface area contributed by atoms with Gasteiger partial charge < -0.3 is 18.9 Å². The number of epoxide rings is 1. The topological polar surface area (TPSA) is 53.1 Å². The molecule has 1 saturated heterocycles. The van der Waals surface area contributed by atoms with Crippen LogP contribution in [0.1, 0.15) is 18.6 Å². The second-order valence-corrected chi connectivity index (χ2v) is 4.69. The zero-order valence-electron chi connectivity index (χ0n) is 10.4. The van der Waals surface area contributed by atoms with Crippen LogP contribution in [0.4, 0.5) is 0 Å². The number of methoxy groups -OCH3 is 1. The molecule has 2 heterocycles. The van der Waals surface area contributed by atoms with E-state index in [9.17, 15) is 0 Å². The van der Waals surface area contributed by atoms with Gasteiger partial charge >= 0.3 is 0 Å². The lowest BCUT2D eigenvalue weighted by atomic mass is 10.2. The molecule has 100 valence electrons. The number of halogens is 1. The minimum atomic E-state index is -0.184. The summed E-state index contributed by atoms with van der Waals surface area (Å²) in [6.45, 7) is 3.55. The summed E-state index contributed by atoms with van der Waals surface area (Å²) in [7, 11) is 1.63. The highest BCUT2D eigenvalue weighted by Gasteiger charge is 2.43.